The Kier molecular flexibility index (Phi) is 6.03. The summed E-state index contributed by atoms with van der Waals surface area (Å²) >= 11 is 0. The summed E-state index contributed by atoms with van der Waals surface area (Å²) in [4.78, 5) is 0. The van der Waals surface area contributed by atoms with Gasteiger partial charge in [0.25, 0.3) is 0 Å². The molecular weight excluding hydrogens is 308 g/mol. The van der Waals surface area contributed by atoms with Crippen molar-refractivity contribution in [3.63, 3.8) is 0 Å². The van der Waals surface area contributed by atoms with Crippen LogP contribution in [0.3, 0.4) is 0 Å². The lowest BCUT2D eigenvalue weighted by molar-refractivity contribution is -0.333. The molecule has 18 heavy (non-hydrogen) atoms. The molecule has 0 heterocycles. The lowest BCUT2D eigenvalue weighted by atomic mass is 10.1. The van der Waals surface area contributed by atoms with Crippen LogP contribution < -0.4 is 0 Å². The molecule has 0 fully saturated rings. The fraction of sp³-hybridized carbons (Fsp3) is 1.00. The van der Waals surface area contributed by atoms with Gasteiger partial charge in [0.15, 0.2) is 0 Å². The zero-order valence-corrected chi connectivity index (χ0v) is 9.04. The summed E-state index contributed by atoms with van der Waals surface area (Å²) in [7, 11) is -4.67. The largest absolute Gasteiger partial charge is 0.394 e. The molecule has 2 N–H and O–H groups in total. The molecule has 0 spiro atoms. The Hall–Kier alpha value is -0.690. The molecule has 0 aliphatic carbocycles. The Labute approximate surface area is 95.2 Å². The zero-order valence-electron chi connectivity index (χ0n) is 8.22. The molecule has 0 saturated heterocycles. The predicted octanol–water partition coefficient (Wildman–Crippen LogP) is 2.52. The standard InChI is InChI=1S/C5H4F8.H2O4S/c1-3(8,9)5(12,13)4(10,11)2(6)7;1-5(2,3)4/h2H,1H3;(H2,1,2,3,4). The van der Waals surface area contributed by atoms with E-state index in [-0.39, 0.29) is 0 Å². The average Bonchev–Trinajstić information content (AvgIpc) is 1.97. The molecule has 13 heteroatoms. The second-order valence-electron chi connectivity index (χ2n) is 2.83. The first-order valence-electron chi connectivity index (χ1n) is 3.56. The smallest absolute Gasteiger partial charge is 0.264 e. The predicted molar refractivity (Wildman–Crippen MR) is 40.7 cm³/mol. The van der Waals surface area contributed by atoms with Crippen molar-refractivity contribution in [1.82, 2.24) is 0 Å². The molecule has 0 atom stereocenters. The van der Waals surface area contributed by atoms with E-state index in [0.717, 1.165) is 0 Å². The van der Waals surface area contributed by atoms with Crippen LogP contribution in [-0.4, -0.2) is 41.7 Å². The third kappa shape index (κ3) is 5.77. The van der Waals surface area contributed by atoms with Gasteiger partial charge >= 0.3 is 34.6 Å². The highest BCUT2D eigenvalue weighted by molar-refractivity contribution is 7.79. The summed E-state index contributed by atoms with van der Waals surface area (Å²) in [5.41, 5.74) is 0. The van der Waals surface area contributed by atoms with Crippen LogP contribution in [0.5, 0.6) is 0 Å². The van der Waals surface area contributed by atoms with Crippen molar-refractivity contribution < 1.29 is 52.6 Å². The first-order chi connectivity index (χ1) is 7.44. The maximum absolute atomic E-state index is 12.0. The minimum atomic E-state index is -6.06. The average molecular weight is 314 g/mol. The third-order valence-electron chi connectivity index (χ3n) is 1.24. The molecular formula is C5H6F8O4S. The van der Waals surface area contributed by atoms with Crippen molar-refractivity contribution in [2.75, 3.05) is 0 Å². The van der Waals surface area contributed by atoms with Gasteiger partial charge in [-0.05, 0) is 0 Å². The number of hydrogen-bond acceptors (Lipinski definition) is 2. The summed E-state index contributed by atoms with van der Waals surface area (Å²) in [5, 5.41) is 0. The minimum Gasteiger partial charge on any atom is -0.264 e. The molecule has 0 aliphatic heterocycles. The van der Waals surface area contributed by atoms with E-state index in [1.165, 1.54) is 0 Å². The lowest BCUT2D eigenvalue weighted by Crippen LogP contribution is -2.56. The van der Waals surface area contributed by atoms with E-state index in [1.54, 1.807) is 0 Å². The summed E-state index contributed by atoms with van der Waals surface area (Å²) in [5.74, 6) is -17.3. The first-order valence-corrected chi connectivity index (χ1v) is 4.95. The summed E-state index contributed by atoms with van der Waals surface area (Å²) in [6.45, 7) is -0.552. The number of halogens is 8. The molecule has 0 unspecified atom stereocenters. The molecule has 112 valence electrons. The normalized spacial score (nSPS) is 14.2. The van der Waals surface area contributed by atoms with Crippen LogP contribution in [0.1, 0.15) is 6.92 Å². The molecule has 0 saturated carbocycles. The van der Waals surface area contributed by atoms with Crippen LogP contribution in [-0.2, 0) is 10.4 Å². The van der Waals surface area contributed by atoms with E-state index < -0.39 is 41.5 Å². The molecule has 0 amide bonds. The van der Waals surface area contributed by atoms with Gasteiger partial charge in [0.2, 0.25) is 0 Å². The summed E-state index contributed by atoms with van der Waals surface area (Å²) in [6.07, 6.45) is -4.84. The van der Waals surface area contributed by atoms with Crippen LogP contribution in [0.4, 0.5) is 35.1 Å². The maximum Gasteiger partial charge on any atom is 0.394 e. The number of hydrogen-bond donors (Lipinski definition) is 2. The van der Waals surface area contributed by atoms with Crippen molar-refractivity contribution in [1.29, 1.82) is 0 Å². The molecule has 0 bridgehead atoms. The molecule has 4 nitrogen and oxygen atoms in total. The van der Waals surface area contributed by atoms with Crippen molar-refractivity contribution in [2.24, 2.45) is 0 Å². The van der Waals surface area contributed by atoms with Crippen LogP contribution >= 0.6 is 0 Å². The van der Waals surface area contributed by atoms with Crippen molar-refractivity contribution in [2.45, 2.75) is 31.1 Å². The van der Waals surface area contributed by atoms with Gasteiger partial charge in [-0.3, -0.25) is 9.11 Å². The van der Waals surface area contributed by atoms with Gasteiger partial charge in [0.05, 0.1) is 0 Å². The Morgan fingerprint density at radius 3 is 1.22 bits per heavy atom. The van der Waals surface area contributed by atoms with E-state index in [9.17, 15) is 35.1 Å². The van der Waals surface area contributed by atoms with E-state index >= 15 is 0 Å². The fourth-order valence-corrected chi connectivity index (χ4v) is 0.430. The first kappa shape index (κ1) is 19.6. The lowest BCUT2D eigenvalue weighted by Gasteiger charge is -2.29. The molecule has 0 aromatic carbocycles. The van der Waals surface area contributed by atoms with Crippen LogP contribution in [0, 0.1) is 0 Å². The molecule has 0 aromatic heterocycles. The third-order valence-corrected chi connectivity index (χ3v) is 1.24. The van der Waals surface area contributed by atoms with Gasteiger partial charge in [0, 0.05) is 6.92 Å². The van der Waals surface area contributed by atoms with E-state index in [2.05, 4.69) is 0 Å². The van der Waals surface area contributed by atoms with Gasteiger partial charge in [-0.2, -0.15) is 34.8 Å². The second-order valence-corrected chi connectivity index (χ2v) is 3.73. The highest BCUT2D eigenvalue weighted by Gasteiger charge is 2.73. The topological polar surface area (TPSA) is 74.6 Å². The minimum absolute atomic E-state index is 0.552. The van der Waals surface area contributed by atoms with Crippen molar-refractivity contribution >= 4 is 10.4 Å². The van der Waals surface area contributed by atoms with E-state index in [1.807, 2.05) is 0 Å². The molecule has 0 aromatic rings. The number of alkyl halides is 8. The quantitative estimate of drug-likeness (QED) is 0.620. The summed E-state index contributed by atoms with van der Waals surface area (Å²) < 4.78 is 125. The zero-order chi connectivity index (χ0) is 15.6. The van der Waals surface area contributed by atoms with Gasteiger partial charge in [-0.1, -0.05) is 0 Å². The van der Waals surface area contributed by atoms with E-state index in [0.29, 0.717) is 0 Å². The van der Waals surface area contributed by atoms with Gasteiger partial charge in [-0.25, -0.2) is 8.78 Å². The van der Waals surface area contributed by atoms with Crippen LogP contribution in [0.15, 0.2) is 0 Å². The van der Waals surface area contributed by atoms with Gasteiger partial charge in [-0.15, -0.1) is 0 Å². The Balaban J connectivity index is 0. The van der Waals surface area contributed by atoms with Crippen LogP contribution in [0.2, 0.25) is 0 Å². The molecule has 0 rings (SSSR count). The Morgan fingerprint density at radius 2 is 1.17 bits per heavy atom. The number of rotatable bonds is 3. The SMILES string of the molecule is CC(F)(F)C(F)(F)C(F)(F)C(F)F.O=S(=O)(O)O. The highest BCUT2D eigenvalue weighted by atomic mass is 32.3. The second kappa shape index (κ2) is 5.52. The van der Waals surface area contributed by atoms with Gasteiger partial charge in [0.1, 0.15) is 0 Å². The Morgan fingerprint density at radius 1 is 0.944 bits per heavy atom. The van der Waals surface area contributed by atoms with Gasteiger partial charge < -0.3 is 0 Å². The summed E-state index contributed by atoms with van der Waals surface area (Å²) in [6, 6.07) is 0. The molecule has 0 aliphatic rings. The fourth-order valence-electron chi connectivity index (χ4n) is 0.430. The Bertz CT molecular complexity index is 350. The molecule has 0 radical (unpaired) electrons. The maximum atomic E-state index is 12.0. The monoisotopic (exact) mass is 314 g/mol. The van der Waals surface area contributed by atoms with Crippen LogP contribution in [0.25, 0.3) is 0 Å². The van der Waals surface area contributed by atoms with Crippen molar-refractivity contribution in [3.05, 3.63) is 0 Å². The van der Waals surface area contributed by atoms with Crippen molar-refractivity contribution in [3.8, 4) is 0 Å². The highest BCUT2D eigenvalue weighted by Crippen LogP contribution is 2.47. The van der Waals surface area contributed by atoms with E-state index in [4.69, 9.17) is 17.5 Å².